The van der Waals surface area contributed by atoms with Crippen LogP contribution >= 0.6 is 0 Å². The van der Waals surface area contributed by atoms with E-state index in [4.69, 9.17) is 9.47 Å². The zero-order chi connectivity index (χ0) is 18.5. The molecule has 2 aromatic rings. The average molecular weight is 356 g/mol. The molecule has 7 nitrogen and oxygen atoms in total. The Balaban J connectivity index is 1.66. The number of piperazine rings is 1. The second-order valence-corrected chi connectivity index (χ2v) is 6.22. The summed E-state index contributed by atoms with van der Waals surface area (Å²) in [6, 6.07) is 8.95. The third-order valence-corrected chi connectivity index (χ3v) is 4.48. The largest absolute Gasteiger partial charge is 0.493 e. The van der Waals surface area contributed by atoms with Gasteiger partial charge in [-0.05, 0) is 31.3 Å². The van der Waals surface area contributed by atoms with Crippen LogP contribution in [0.3, 0.4) is 0 Å². The van der Waals surface area contributed by atoms with Crippen LogP contribution in [-0.2, 0) is 0 Å². The van der Waals surface area contributed by atoms with Gasteiger partial charge in [0, 0.05) is 44.1 Å². The maximum atomic E-state index is 12.5. The number of hydrogen-bond donors (Lipinski definition) is 1. The predicted octanol–water partition coefficient (Wildman–Crippen LogP) is 2.10. The first-order chi connectivity index (χ1) is 12.6. The third kappa shape index (κ3) is 4.05. The SMILES string of the molecule is COc1ccc(NC(=O)c2ccc(N3CCN(C)CC3)nc2)cc1OC. The van der Waals surface area contributed by atoms with Crippen molar-refractivity contribution >= 4 is 17.4 Å². The number of benzene rings is 1. The molecule has 0 saturated carbocycles. The molecule has 0 unspecified atom stereocenters. The van der Waals surface area contributed by atoms with Crippen LogP contribution in [0, 0.1) is 0 Å². The van der Waals surface area contributed by atoms with E-state index in [1.807, 2.05) is 6.07 Å². The summed E-state index contributed by atoms with van der Waals surface area (Å²) in [4.78, 5) is 21.4. The van der Waals surface area contributed by atoms with Crippen LogP contribution in [-0.4, -0.2) is 63.2 Å². The number of amides is 1. The number of methoxy groups -OCH3 is 2. The maximum Gasteiger partial charge on any atom is 0.257 e. The molecule has 3 rings (SSSR count). The minimum absolute atomic E-state index is 0.213. The van der Waals surface area contributed by atoms with Gasteiger partial charge < -0.3 is 24.6 Å². The lowest BCUT2D eigenvalue weighted by Crippen LogP contribution is -2.44. The fraction of sp³-hybridized carbons (Fsp3) is 0.368. The standard InChI is InChI=1S/C19H24N4O3/c1-22-8-10-23(11-9-22)18-7-4-14(13-20-18)19(24)21-15-5-6-16(25-2)17(12-15)26-3/h4-7,12-13H,8-11H2,1-3H3,(H,21,24). The van der Waals surface area contributed by atoms with Crippen molar-refractivity contribution in [2.75, 3.05) is 57.7 Å². The molecule has 138 valence electrons. The van der Waals surface area contributed by atoms with E-state index in [1.54, 1.807) is 44.7 Å². The van der Waals surface area contributed by atoms with Crippen LogP contribution < -0.4 is 19.7 Å². The van der Waals surface area contributed by atoms with Crippen molar-refractivity contribution in [3.63, 3.8) is 0 Å². The van der Waals surface area contributed by atoms with Crippen molar-refractivity contribution in [2.24, 2.45) is 0 Å². The second kappa shape index (κ2) is 8.05. The highest BCUT2D eigenvalue weighted by molar-refractivity contribution is 6.04. The van der Waals surface area contributed by atoms with E-state index < -0.39 is 0 Å². The fourth-order valence-electron chi connectivity index (χ4n) is 2.86. The molecule has 0 bridgehead atoms. The van der Waals surface area contributed by atoms with E-state index in [-0.39, 0.29) is 5.91 Å². The molecule has 1 saturated heterocycles. The summed E-state index contributed by atoms with van der Waals surface area (Å²) >= 11 is 0. The van der Waals surface area contributed by atoms with Crippen molar-refractivity contribution in [1.29, 1.82) is 0 Å². The summed E-state index contributed by atoms with van der Waals surface area (Å²) in [5.74, 6) is 1.87. The lowest BCUT2D eigenvalue weighted by Gasteiger charge is -2.33. The molecule has 1 aromatic heterocycles. The number of nitrogens with zero attached hydrogens (tertiary/aromatic N) is 3. The molecule has 1 aliphatic rings. The normalized spacial score (nSPS) is 14.8. The van der Waals surface area contributed by atoms with Gasteiger partial charge in [-0.25, -0.2) is 4.98 Å². The number of carbonyl (C=O) groups excluding carboxylic acids is 1. The van der Waals surface area contributed by atoms with Gasteiger partial charge in [-0.15, -0.1) is 0 Å². The number of carbonyl (C=O) groups is 1. The molecule has 1 aliphatic heterocycles. The van der Waals surface area contributed by atoms with Crippen LogP contribution in [0.5, 0.6) is 11.5 Å². The van der Waals surface area contributed by atoms with Crippen molar-refractivity contribution in [3.8, 4) is 11.5 Å². The van der Waals surface area contributed by atoms with E-state index >= 15 is 0 Å². The van der Waals surface area contributed by atoms with Gasteiger partial charge in [-0.2, -0.15) is 0 Å². The minimum Gasteiger partial charge on any atom is -0.493 e. The zero-order valence-electron chi connectivity index (χ0n) is 15.4. The molecule has 1 fully saturated rings. The Morgan fingerprint density at radius 2 is 1.77 bits per heavy atom. The quantitative estimate of drug-likeness (QED) is 0.885. The number of pyridine rings is 1. The molecule has 1 amide bonds. The number of nitrogens with one attached hydrogen (secondary N) is 1. The molecule has 0 spiro atoms. The summed E-state index contributed by atoms with van der Waals surface area (Å²) in [5.41, 5.74) is 1.15. The lowest BCUT2D eigenvalue weighted by atomic mass is 10.2. The van der Waals surface area contributed by atoms with Crippen LogP contribution in [0.2, 0.25) is 0 Å². The van der Waals surface area contributed by atoms with Gasteiger partial charge in [0.05, 0.1) is 19.8 Å². The van der Waals surface area contributed by atoms with Gasteiger partial charge >= 0.3 is 0 Å². The van der Waals surface area contributed by atoms with Gasteiger partial charge in [-0.3, -0.25) is 4.79 Å². The van der Waals surface area contributed by atoms with E-state index in [1.165, 1.54) is 0 Å². The van der Waals surface area contributed by atoms with Gasteiger partial charge in [-0.1, -0.05) is 0 Å². The Kier molecular flexibility index (Phi) is 5.58. The van der Waals surface area contributed by atoms with Gasteiger partial charge in [0.1, 0.15) is 5.82 Å². The number of hydrogen-bond acceptors (Lipinski definition) is 6. The van der Waals surface area contributed by atoms with Crippen LogP contribution in [0.4, 0.5) is 11.5 Å². The fourth-order valence-corrected chi connectivity index (χ4v) is 2.86. The van der Waals surface area contributed by atoms with Gasteiger partial charge in [0.2, 0.25) is 0 Å². The molecule has 0 atom stereocenters. The number of ether oxygens (including phenoxy) is 2. The summed E-state index contributed by atoms with van der Waals surface area (Å²) in [6.07, 6.45) is 1.61. The van der Waals surface area contributed by atoms with Gasteiger partial charge in [0.25, 0.3) is 5.91 Å². The van der Waals surface area contributed by atoms with Crippen molar-refractivity contribution in [3.05, 3.63) is 42.1 Å². The van der Waals surface area contributed by atoms with E-state index in [0.29, 0.717) is 22.7 Å². The monoisotopic (exact) mass is 356 g/mol. The van der Waals surface area contributed by atoms with E-state index in [9.17, 15) is 4.79 Å². The summed E-state index contributed by atoms with van der Waals surface area (Å²) in [6.45, 7) is 3.92. The molecular formula is C19H24N4O3. The summed E-state index contributed by atoms with van der Waals surface area (Å²) in [7, 11) is 5.25. The molecule has 0 aliphatic carbocycles. The molecule has 7 heteroatoms. The maximum absolute atomic E-state index is 12.5. The molecule has 1 N–H and O–H groups in total. The van der Waals surface area contributed by atoms with E-state index in [2.05, 4.69) is 27.1 Å². The van der Waals surface area contributed by atoms with Crippen LogP contribution in [0.25, 0.3) is 0 Å². The third-order valence-electron chi connectivity index (χ3n) is 4.48. The topological polar surface area (TPSA) is 66.9 Å². The van der Waals surface area contributed by atoms with E-state index in [0.717, 1.165) is 32.0 Å². The van der Waals surface area contributed by atoms with Crippen molar-refractivity contribution in [2.45, 2.75) is 0 Å². The first-order valence-corrected chi connectivity index (χ1v) is 8.53. The van der Waals surface area contributed by atoms with Crippen LogP contribution in [0.15, 0.2) is 36.5 Å². The first kappa shape index (κ1) is 18.0. The predicted molar refractivity (Wildman–Crippen MR) is 101 cm³/mol. The highest BCUT2D eigenvalue weighted by atomic mass is 16.5. The van der Waals surface area contributed by atoms with Crippen molar-refractivity contribution in [1.82, 2.24) is 9.88 Å². The molecular weight excluding hydrogens is 332 g/mol. The molecule has 0 radical (unpaired) electrons. The zero-order valence-corrected chi connectivity index (χ0v) is 15.4. The Morgan fingerprint density at radius 1 is 1.04 bits per heavy atom. The number of aromatic nitrogens is 1. The van der Waals surface area contributed by atoms with Gasteiger partial charge in [0.15, 0.2) is 11.5 Å². The molecule has 1 aromatic carbocycles. The average Bonchev–Trinajstić information content (AvgIpc) is 2.68. The Hall–Kier alpha value is -2.80. The summed E-state index contributed by atoms with van der Waals surface area (Å²) in [5, 5.41) is 2.85. The number of anilines is 2. The highest BCUT2D eigenvalue weighted by Gasteiger charge is 2.16. The molecule has 2 heterocycles. The molecule has 26 heavy (non-hydrogen) atoms. The van der Waals surface area contributed by atoms with Crippen LogP contribution in [0.1, 0.15) is 10.4 Å². The Morgan fingerprint density at radius 3 is 2.38 bits per heavy atom. The first-order valence-electron chi connectivity index (χ1n) is 8.53. The Bertz CT molecular complexity index is 756. The Labute approximate surface area is 153 Å². The lowest BCUT2D eigenvalue weighted by molar-refractivity contribution is 0.102. The second-order valence-electron chi connectivity index (χ2n) is 6.22. The minimum atomic E-state index is -0.213. The smallest absolute Gasteiger partial charge is 0.257 e. The number of rotatable bonds is 5. The number of likely N-dealkylation sites (N-methyl/N-ethyl adjacent to an activating group) is 1. The summed E-state index contributed by atoms with van der Waals surface area (Å²) < 4.78 is 10.5. The van der Waals surface area contributed by atoms with Crippen molar-refractivity contribution < 1.29 is 14.3 Å². The highest BCUT2D eigenvalue weighted by Crippen LogP contribution is 2.29.